The van der Waals surface area contributed by atoms with Crippen LogP contribution in [0.5, 0.6) is 0 Å². The first kappa shape index (κ1) is 14.6. The zero-order valence-electron chi connectivity index (χ0n) is 12.2. The summed E-state index contributed by atoms with van der Waals surface area (Å²) < 4.78 is 5.82. The van der Waals surface area contributed by atoms with Crippen molar-refractivity contribution < 1.29 is 4.74 Å². The van der Waals surface area contributed by atoms with E-state index in [0.29, 0.717) is 17.3 Å². The number of ether oxygens (including phenoxy) is 1. The Morgan fingerprint density at radius 1 is 1.47 bits per heavy atom. The third kappa shape index (κ3) is 2.72. The van der Waals surface area contributed by atoms with E-state index in [0.717, 1.165) is 30.8 Å². The quantitative estimate of drug-likeness (QED) is 0.828. The molecule has 3 nitrogen and oxygen atoms in total. The molecular weight excluding hydrogens is 260 g/mol. The number of hydrogen-bond acceptors (Lipinski definition) is 3. The Kier molecular flexibility index (Phi) is 4.36. The molecule has 0 saturated heterocycles. The van der Waals surface area contributed by atoms with Gasteiger partial charge in [-0.2, -0.15) is 0 Å². The van der Waals surface area contributed by atoms with E-state index < -0.39 is 0 Å². The molecule has 0 amide bonds. The van der Waals surface area contributed by atoms with Crippen LogP contribution in [0.1, 0.15) is 39.3 Å². The molecule has 4 heteroatoms. The van der Waals surface area contributed by atoms with Gasteiger partial charge in [-0.1, -0.05) is 25.4 Å². The summed E-state index contributed by atoms with van der Waals surface area (Å²) in [6.07, 6.45) is 2.52. The van der Waals surface area contributed by atoms with Gasteiger partial charge in [0.05, 0.1) is 17.5 Å². The smallest absolute Gasteiger partial charge is 0.129 e. The normalized spacial score (nSPS) is 29.9. The maximum Gasteiger partial charge on any atom is 0.129 e. The molecule has 19 heavy (non-hydrogen) atoms. The lowest BCUT2D eigenvalue weighted by molar-refractivity contribution is -0.109. The Hall–Kier alpha value is -0.800. The molecule has 1 aromatic rings. The SMILES string of the molecule is CCOC1CC(Nc2ccc(Cl)nc2C)C1(C)CC. The zero-order valence-corrected chi connectivity index (χ0v) is 12.9. The third-order valence-corrected chi connectivity index (χ3v) is 4.70. The van der Waals surface area contributed by atoms with Crippen molar-refractivity contribution >= 4 is 17.3 Å². The number of nitrogens with zero attached hydrogens (tertiary/aromatic N) is 1. The number of anilines is 1. The number of pyridine rings is 1. The summed E-state index contributed by atoms with van der Waals surface area (Å²) in [4.78, 5) is 4.29. The van der Waals surface area contributed by atoms with Gasteiger partial charge in [-0.25, -0.2) is 4.98 Å². The van der Waals surface area contributed by atoms with Crippen LogP contribution < -0.4 is 5.32 Å². The number of rotatable bonds is 5. The molecule has 1 aliphatic rings. The molecule has 1 heterocycles. The van der Waals surface area contributed by atoms with Crippen molar-refractivity contribution in [3.8, 4) is 0 Å². The Labute approximate surface area is 120 Å². The highest BCUT2D eigenvalue weighted by Gasteiger charge is 2.51. The maximum absolute atomic E-state index is 5.89. The minimum Gasteiger partial charge on any atom is -0.380 e. The van der Waals surface area contributed by atoms with Gasteiger partial charge in [-0.3, -0.25) is 0 Å². The van der Waals surface area contributed by atoms with E-state index >= 15 is 0 Å². The molecule has 3 atom stereocenters. The fourth-order valence-electron chi connectivity index (χ4n) is 2.84. The average Bonchev–Trinajstić information content (AvgIpc) is 2.39. The van der Waals surface area contributed by atoms with Crippen molar-refractivity contribution in [3.05, 3.63) is 23.0 Å². The Balaban J connectivity index is 2.08. The molecule has 1 N–H and O–H groups in total. The van der Waals surface area contributed by atoms with Gasteiger partial charge in [0.1, 0.15) is 5.15 Å². The van der Waals surface area contributed by atoms with Crippen molar-refractivity contribution in [2.24, 2.45) is 5.41 Å². The summed E-state index contributed by atoms with van der Waals surface area (Å²) in [6, 6.07) is 4.28. The molecule has 106 valence electrons. The van der Waals surface area contributed by atoms with Crippen LogP contribution in [-0.2, 0) is 4.74 Å². The maximum atomic E-state index is 5.89. The van der Waals surface area contributed by atoms with Gasteiger partial charge < -0.3 is 10.1 Å². The number of halogens is 1. The molecule has 1 saturated carbocycles. The van der Waals surface area contributed by atoms with Crippen molar-refractivity contribution in [1.82, 2.24) is 4.98 Å². The van der Waals surface area contributed by atoms with Gasteiger partial charge in [0, 0.05) is 18.1 Å². The van der Waals surface area contributed by atoms with E-state index in [4.69, 9.17) is 16.3 Å². The second-order valence-electron chi connectivity index (χ2n) is 5.50. The van der Waals surface area contributed by atoms with E-state index in [1.54, 1.807) is 0 Å². The Morgan fingerprint density at radius 3 is 2.79 bits per heavy atom. The van der Waals surface area contributed by atoms with Crippen LogP contribution in [-0.4, -0.2) is 23.7 Å². The standard InChI is InChI=1S/C15H23ClN2O/c1-5-15(4)12(9-13(15)19-6-2)18-11-7-8-14(16)17-10(11)3/h7-8,12-13,18H,5-6,9H2,1-4H3. The molecule has 0 spiro atoms. The van der Waals surface area contributed by atoms with Gasteiger partial charge in [-0.05, 0) is 38.8 Å². The third-order valence-electron chi connectivity index (χ3n) is 4.49. The first-order valence-corrected chi connectivity index (χ1v) is 7.40. The zero-order chi connectivity index (χ0) is 14.0. The lowest BCUT2D eigenvalue weighted by atomic mass is 9.61. The highest BCUT2D eigenvalue weighted by atomic mass is 35.5. The number of aryl methyl sites for hydroxylation is 1. The summed E-state index contributed by atoms with van der Waals surface area (Å²) in [6.45, 7) is 9.36. The average molecular weight is 283 g/mol. The fraction of sp³-hybridized carbons (Fsp3) is 0.667. The molecule has 3 unspecified atom stereocenters. The van der Waals surface area contributed by atoms with E-state index in [1.807, 2.05) is 19.1 Å². The monoisotopic (exact) mass is 282 g/mol. The molecule has 1 fully saturated rings. The molecule has 0 bridgehead atoms. The summed E-state index contributed by atoms with van der Waals surface area (Å²) in [5, 5.41) is 4.15. The minimum atomic E-state index is 0.197. The molecule has 0 aliphatic heterocycles. The highest BCUT2D eigenvalue weighted by Crippen LogP contribution is 2.47. The van der Waals surface area contributed by atoms with Crippen LogP contribution in [0.15, 0.2) is 12.1 Å². The predicted octanol–water partition coefficient (Wildman–Crippen LogP) is 4.05. The van der Waals surface area contributed by atoms with E-state index in [9.17, 15) is 0 Å². The van der Waals surface area contributed by atoms with Crippen LogP contribution in [0.2, 0.25) is 5.15 Å². The van der Waals surface area contributed by atoms with Gasteiger partial charge >= 0.3 is 0 Å². The topological polar surface area (TPSA) is 34.1 Å². The molecule has 0 radical (unpaired) electrons. The van der Waals surface area contributed by atoms with E-state index in [2.05, 4.69) is 31.1 Å². The van der Waals surface area contributed by atoms with Crippen molar-refractivity contribution in [1.29, 1.82) is 0 Å². The minimum absolute atomic E-state index is 0.197. The van der Waals surface area contributed by atoms with Crippen LogP contribution in [0, 0.1) is 12.3 Å². The Bertz CT molecular complexity index is 452. The lowest BCUT2D eigenvalue weighted by Crippen LogP contribution is -2.59. The van der Waals surface area contributed by atoms with E-state index in [1.165, 1.54) is 0 Å². The second-order valence-corrected chi connectivity index (χ2v) is 5.89. The fourth-order valence-corrected chi connectivity index (χ4v) is 3.03. The molecule has 0 aromatic carbocycles. The summed E-state index contributed by atoms with van der Waals surface area (Å²) in [5.41, 5.74) is 2.22. The Morgan fingerprint density at radius 2 is 2.21 bits per heavy atom. The highest BCUT2D eigenvalue weighted by molar-refractivity contribution is 6.29. The summed E-state index contributed by atoms with van der Waals surface area (Å²) in [5.74, 6) is 0. The van der Waals surface area contributed by atoms with Crippen LogP contribution in [0.25, 0.3) is 0 Å². The van der Waals surface area contributed by atoms with E-state index in [-0.39, 0.29) is 5.41 Å². The van der Waals surface area contributed by atoms with Crippen LogP contribution in [0.4, 0.5) is 5.69 Å². The van der Waals surface area contributed by atoms with Crippen LogP contribution >= 0.6 is 11.6 Å². The van der Waals surface area contributed by atoms with Crippen molar-refractivity contribution in [2.45, 2.75) is 52.7 Å². The lowest BCUT2D eigenvalue weighted by Gasteiger charge is -2.54. The molecule has 2 rings (SSSR count). The number of hydrogen-bond donors (Lipinski definition) is 1. The molecule has 1 aromatic heterocycles. The first-order valence-electron chi connectivity index (χ1n) is 7.02. The second kappa shape index (κ2) is 5.68. The number of aromatic nitrogens is 1. The number of nitrogens with one attached hydrogen (secondary N) is 1. The van der Waals surface area contributed by atoms with Crippen molar-refractivity contribution in [2.75, 3.05) is 11.9 Å². The molecular formula is C15H23ClN2O. The summed E-state index contributed by atoms with van der Waals surface area (Å²) >= 11 is 5.89. The molecule has 1 aliphatic carbocycles. The largest absolute Gasteiger partial charge is 0.380 e. The first-order chi connectivity index (χ1) is 9.01. The van der Waals surface area contributed by atoms with Gasteiger partial charge in [-0.15, -0.1) is 0 Å². The predicted molar refractivity (Wildman–Crippen MR) is 79.8 cm³/mol. The van der Waals surface area contributed by atoms with Gasteiger partial charge in [0.2, 0.25) is 0 Å². The van der Waals surface area contributed by atoms with Crippen LogP contribution in [0.3, 0.4) is 0 Å². The van der Waals surface area contributed by atoms with Crippen molar-refractivity contribution in [3.63, 3.8) is 0 Å². The van der Waals surface area contributed by atoms with Gasteiger partial charge in [0.25, 0.3) is 0 Å². The van der Waals surface area contributed by atoms with Gasteiger partial charge in [0.15, 0.2) is 0 Å². The summed E-state index contributed by atoms with van der Waals surface area (Å²) in [7, 11) is 0.